The molecule has 0 amide bonds. The van der Waals surface area contributed by atoms with Gasteiger partial charge in [-0.3, -0.25) is 4.68 Å². The van der Waals surface area contributed by atoms with Gasteiger partial charge in [0.25, 0.3) is 0 Å². The van der Waals surface area contributed by atoms with Gasteiger partial charge in [-0.1, -0.05) is 47.5 Å². The lowest BCUT2D eigenvalue weighted by Gasteiger charge is -2.12. The number of aryl methyl sites for hydroxylation is 1. The predicted molar refractivity (Wildman–Crippen MR) is 136 cm³/mol. The molecule has 1 N–H and O–H groups in total. The molecule has 0 saturated carbocycles. The molecule has 4 heterocycles. The normalized spacial score (nSPS) is 18.5. The maximum absolute atomic E-state index is 13.9. The van der Waals surface area contributed by atoms with Gasteiger partial charge in [0.15, 0.2) is 12.3 Å². The number of carboxylic acids is 1. The summed E-state index contributed by atoms with van der Waals surface area (Å²) in [5.41, 5.74) is 3.89. The zero-order chi connectivity index (χ0) is 25.7. The van der Waals surface area contributed by atoms with E-state index in [9.17, 15) is 14.3 Å². The number of aliphatic carboxylic acids is 1. The molecule has 1 saturated heterocycles. The smallest absolute Gasteiger partial charge is 0.334 e. The molecule has 0 radical (unpaired) electrons. The number of fused-ring (bicyclic) bond motifs is 2. The van der Waals surface area contributed by atoms with Gasteiger partial charge in [0, 0.05) is 35.7 Å². The third kappa shape index (κ3) is 4.50. The number of nitrogens with zero attached hydrogens (tertiary/aromatic N) is 4. The van der Waals surface area contributed by atoms with Gasteiger partial charge in [0.1, 0.15) is 11.7 Å². The lowest BCUT2D eigenvalue weighted by Crippen LogP contribution is -2.22. The summed E-state index contributed by atoms with van der Waals surface area (Å²) in [4.78, 5) is 16.6. The minimum atomic E-state index is -1.24. The molecule has 0 aliphatic carbocycles. The summed E-state index contributed by atoms with van der Waals surface area (Å²) in [5, 5.41) is 15.8. The molecule has 2 aromatic carbocycles. The number of benzene rings is 2. The third-order valence-electron chi connectivity index (χ3n) is 6.87. The Kier molecular flexibility index (Phi) is 6.40. The topological polar surface area (TPSA) is 91.4 Å². The molecule has 2 aliphatic heterocycles. The standard InChI is InChI=1S/C26H23Cl2FN4O4/c27-19-10-17(15-4-1-14(2-5-15)3-6-21-36-7-8-37-21)22(28)23-18(19)12-33(31-23)25(26(34)35)24-20-9-16(29)11-32(20)13-30-24/h1-2,4-5,10,12-13,16,21,25H,3,6-9,11H2,(H,34,35). The van der Waals surface area contributed by atoms with Crippen LogP contribution in [-0.2, 0) is 33.7 Å². The number of carboxylic acid groups (broad SMARTS) is 1. The molecular weight excluding hydrogens is 522 g/mol. The molecule has 4 aromatic rings. The van der Waals surface area contributed by atoms with Crippen LogP contribution in [-0.4, -0.2) is 56.1 Å². The number of imidazole rings is 1. The number of aromatic nitrogens is 4. The quantitative estimate of drug-likeness (QED) is 0.349. The summed E-state index contributed by atoms with van der Waals surface area (Å²) in [6.45, 7) is 1.44. The Morgan fingerprint density at radius 2 is 1.97 bits per heavy atom. The van der Waals surface area contributed by atoms with Gasteiger partial charge in [0.2, 0.25) is 0 Å². The fourth-order valence-electron chi connectivity index (χ4n) is 5.05. The number of halogens is 3. The number of hydrogen-bond acceptors (Lipinski definition) is 5. The summed E-state index contributed by atoms with van der Waals surface area (Å²) >= 11 is 13.4. The number of hydrogen-bond donors (Lipinski definition) is 1. The van der Waals surface area contributed by atoms with Crippen molar-refractivity contribution in [1.29, 1.82) is 0 Å². The van der Waals surface area contributed by atoms with Crippen LogP contribution in [0.15, 0.2) is 42.9 Å². The molecule has 8 nitrogen and oxygen atoms in total. The second-order valence-corrected chi connectivity index (χ2v) is 10.1. The van der Waals surface area contributed by atoms with Crippen LogP contribution in [0, 0.1) is 0 Å². The highest BCUT2D eigenvalue weighted by atomic mass is 35.5. The van der Waals surface area contributed by atoms with Crippen LogP contribution in [0.4, 0.5) is 4.39 Å². The van der Waals surface area contributed by atoms with Gasteiger partial charge in [-0.05, 0) is 23.6 Å². The first-order valence-electron chi connectivity index (χ1n) is 12.0. The van der Waals surface area contributed by atoms with Gasteiger partial charge in [0.05, 0.1) is 41.8 Å². The lowest BCUT2D eigenvalue weighted by molar-refractivity contribution is -0.139. The van der Waals surface area contributed by atoms with Crippen LogP contribution in [0.25, 0.3) is 22.0 Å². The second kappa shape index (κ2) is 9.72. The van der Waals surface area contributed by atoms with Crippen molar-refractivity contribution in [3.8, 4) is 11.1 Å². The minimum Gasteiger partial charge on any atom is -0.479 e. The van der Waals surface area contributed by atoms with E-state index in [1.807, 2.05) is 24.3 Å². The molecule has 1 fully saturated rings. The van der Waals surface area contributed by atoms with Gasteiger partial charge in [-0.2, -0.15) is 5.10 Å². The molecule has 37 heavy (non-hydrogen) atoms. The Morgan fingerprint density at radius 3 is 2.70 bits per heavy atom. The van der Waals surface area contributed by atoms with Crippen LogP contribution < -0.4 is 0 Å². The first-order valence-corrected chi connectivity index (χ1v) is 12.7. The average Bonchev–Trinajstić information content (AvgIpc) is 3.67. The van der Waals surface area contributed by atoms with Crippen LogP contribution in [0.3, 0.4) is 0 Å². The third-order valence-corrected chi connectivity index (χ3v) is 7.57. The van der Waals surface area contributed by atoms with Crippen LogP contribution in [0.1, 0.15) is 29.4 Å². The van der Waals surface area contributed by atoms with Gasteiger partial charge in [-0.15, -0.1) is 0 Å². The lowest BCUT2D eigenvalue weighted by atomic mass is 10.0. The van der Waals surface area contributed by atoms with E-state index in [2.05, 4.69) is 10.1 Å². The molecule has 6 rings (SSSR count). The van der Waals surface area contributed by atoms with E-state index in [4.69, 9.17) is 32.7 Å². The van der Waals surface area contributed by atoms with Crippen molar-refractivity contribution in [2.75, 3.05) is 13.2 Å². The molecule has 2 atom stereocenters. The summed E-state index contributed by atoms with van der Waals surface area (Å²) in [6, 6.07) is 8.49. The first-order chi connectivity index (χ1) is 17.9. The summed E-state index contributed by atoms with van der Waals surface area (Å²) in [6.07, 6.45) is 3.52. The fourth-order valence-corrected chi connectivity index (χ4v) is 5.60. The van der Waals surface area contributed by atoms with E-state index in [-0.39, 0.29) is 24.9 Å². The van der Waals surface area contributed by atoms with Crippen molar-refractivity contribution in [3.05, 3.63) is 69.9 Å². The highest BCUT2D eigenvalue weighted by molar-refractivity contribution is 6.42. The predicted octanol–water partition coefficient (Wildman–Crippen LogP) is 5.08. The van der Waals surface area contributed by atoms with E-state index in [1.54, 1.807) is 16.8 Å². The Hall–Kier alpha value is -2.98. The molecule has 2 unspecified atom stereocenters. The van der Waals surface area contributed by atoms with Crippen molar-refractivity contribution in [3.63, 3.8) is 0 Å². The summed E-state index contributed by atoms with van der Waals surface area (Å²) < 4.78 is 27.9. The van der Waals surface area contributed by atoms with Crippen molar-refractivity contribution < 1.29 is 23.8 Å². The Bertz CT molecular complexity index is 1480. The van der Waals surface area contributed by atoms with Crippen molar-refractivity contribution in [1.82, 2.24) is 19.3 Å². The van der Waals surface area contributed by atoms with Crippen LogP contribution >= 0.6 is 23.2 Å². The first kappa shape index (κ1) is 24.4. The number of carbonyl (C=O) groups is 1. The molecular formula is C26H23Cl2FN4O4. The van der Waals surface area contributed by atoms with E-state index >= 15 is 0 Å². The monoisotopic (exact) mass is 544 g/mol. The molecule has 2 aromatic heterocycles. The van der Waals surface area contributed by atoms with Gasteiger partial charge < -0.3 is 19.1 Å². The maximum Gasteiger partial charge on any atom is 0.334 e. The van der Waals surface area contributed by atoms with Crippen molar-refractivity contribution >= 4 is 40.1 Å². The summed E-state index contributed by atoms with van der Waals surface area (Å²) in [5.74, 6) is -1.16. The Morgan fingerprint density at radius 1 is 1.22 bits per heavy atom. The van der Waals surface area contributed by atoms with Crippen LogP contribution in [0.5, 0.6) is 0 Å². The zero-order valence-corrected chi connectivity index (χ0v) is 21.1. The van der Waals surface area contributed by atoms with Gasteiger partial charge in [-0.25, -0.2) is 14.2 Å². The molecule has 192 valence electrons. The molecule has 2 aliphatic rings. The Balaban J connectivity index is 1.32. The number of alkyl halides is 1. The average molecular weight is 545 g/mol. The van der Waals surface area contributed by atoms with Crippen molar-refractivity contribution in [2.24, 2.45) is 0 Å². The highest BCUT2D eigenvalue weighted by Crippen LogP contribution is 2.39. The molecule has 0 bridgehead atoms. The second-order valence-electron chi connectivity index (χ2n) is 9.27. The molecule has 0 spiro atoms. The SMILES string of the molecule is O=C(O)C(c1ncn2c1CC(F)C2)n1cc2c(Cl)cc(-c3ccc(CCC4OCCO4)cc3)c(Cl)c2n1. The van der Waals surface area contributed by atoms with E-state index in [0.717, 1.165) is 24.0 Å². The summed E-state index contributed by atoms with van der Waals surface area (Å²) in [7, 11) is 0. The van der Waals surface area contributed by atoms with E-state index in [0.29, 0.717) is 45.4 Å². The van der Waals surface area contributed by atoms with Crippen molar-refractivity contribution in [2.45, 2.75) is 44.3 Å². The van der Waals surface area contributed by atoms with E-state index in [1.165, 1.54) is 11.0 Å². The van der Waals surface area contributed by atoms with E-state index < -0.39 is 18.2 Å². The minimum absolute atomic E-state index is 0.113. The Labute approximate surface area is 221 Å². The zero-order valence-electron chi connectivity index (χ0n) is 19.6. The van der Waals surface area contributed by atoms with Gasteiger partial charge >= 0.3 is 5.97 Å². The highest BCUT2D eigenvalue weighted by Gasteiger charge is 2.34. The fraction of sp³-hybridized carbons (Fsp3) is 0.346. The number of rotatable bonds is 7. The largest absolute Gasteiger partial charge is 0.479 e. The molecule has 11 heteroatoms. The van der Waals surface area contributed by atoms with Crippen LogP contribution in [0.2, 0.25) is 10.0 Å². The maximum atomic E-state index is 13.9. The number of ether oxygens (including phenoxy) is 2.